The van der Waals surface area contributed by atoms with E-state index in [4.69, 9.17) is 0 Å². The number of hydrogen-bond acceptors (Lipinski definition) is 1. The molecule has 0 rings (SSSR count). The van der Waals surface area contributed by atoms with Crippen molar-refractivity contribution in [3.05, 3.63) is 0 Å². The Hall–Kier alpha value is 9.02. The van der Waals surface area contributed by atoms with E-state index in [1.54, 1.807) is 0 Å². The van der Waals surface area contributed by atoms with Crippen molar-refractivity contribution in [2.24, 2.45) is 0 Å². The summed E-state index contributed by atoms with van der Waals surface area (Å²) in [6.45, 7) is 0. The van der Waals surface area contributed by atoms with Gasteiger partial charge in [-0.1, -0.05) is 0 Å². The molecule has 0 saturated carbocycles. The number of rotatable bonds is 70. The molecule has 0 aromatic heterocycles. The topological polar surface area (TPSA) is 17.1 Å². The maximum atomic E-state index is 21.1. The van der Waals surface area contributed by atoms with Crippen LogP contribution in [0.4, 0.5) is 0 Å². The maximum absolute atomic E-state index is 21.1. The quantitative estimate of drug-likeness (QED) is 0.0555. The molecule has 0 heterocycles. The van der Waals surface area contributed by atoms with Crippen LogP contribution in [0.15, 0.2) is 0 Å². The molecule has 574 valence electrons. The minimum absolute atomic E-state index is 0.0631. The Balaban J connectivity index is 17.8. The molecule has 0 unspecified atom stereocenters. The van der Waals surface area contributed by atoms with Gasteiger partial charge in [0.1, 0.15) is 0 Å². The zero-order valence-corrected chi connectivity index (χ0v) is 112. The first-order valence-electron chi connectivity index (χ1n) is 64.6. The summed E-state index contributed by atoms with van der Waals surface area (Å²) in [6.07, 6.45) is 22.2. The molecule has 0 aromatic carbocycles. The van der Waals surface area contributed by atoms with Crippen molar-refractivity contribution in [2.45, 2.75) is 0 Å². The second kappa shape index (κ2) is 70.2. The van der Waals surface area contributed by atoms with Gasteiger partial charge in [-0.05, 0) is 0 Å². The third-order valence-electron chi connectivity index (χ3n) is 42.7. The minimum atomic E-state index is -0.384. The van der Waals surface area contributed by atoms with Gasteiger partial charge < -0.3 is 0 Å². The van der Waals surface area contributed by atoms with Gasteiger partial charge in [0.2, 0.25) is 0 Å². The molecule has 0 saturated heterocycles. The Morgan fingerprint density at radius 3 is 0.203 bits per heavy atom. The van der Waals surface area contributed by atoms with Gasteiger partial charge in [0.15, 0.2) is 0 Å². The molecule has 0 aliphatic heterocycles. The normalized spacial score (nSPS) is 9.85. The molecule has 0 fully saturated rings. The van der Waals surface area contributed by atoms with Crippen LogP contribution in [0, 0.1) is 0 Å². The molecule has 0 atom stereocenters. The van der Waals surface area contributed by atoms with Crippen molar-refractivity contribution in [1.82, 2.24) is 0 Å². The molecule has 0 aliphatic rings. The van der Waals surface area contributed by atoms with Crippen molar-refractivity contribution in [3.8, 4) is 0 Å². The summed E-state index contributed by atoms with van der Waals surface area (Å²) in [6, 6.07) is 0. The monoisotopic (exact) mass is 1720 g/mol. The summed E-state index contributed by atoms with van der Waals surface area (Å²) in [4.78, 5) is 0. The SMILES string of the molecule is BB(B)B(B)B(B(B(B)B)B(B)B)B(B(B(B(B)B)B(B)B)B(B(B)B)B(B)B)B(B(B(B=O)B(B(B(B(B(B)B)B(B)B)B(B(B)B)B(B)B)B(B(B(B)B)B(B)B)B(B(B)B)B(B)B)B(B(B(B(B)B)B(B)B)B(B(B)B)B(B)B)B(B(B(B)B)B(B)B)B(B(B)B)B(B)B)B(B(B(B(B)B)B(B)B)B(B(B)B)B(B)B)B(B(B(B)B)B(B)B)B(B(B)B)B(B)B)B(B(B(B)B)B(B)B)B(B(B)B)B(B)B. The zero-order valence-electron chi connectivity index (χ0n) is 112. The van der Waals surface area contributed by atoms with Gasteiger partial charge in [-0.2, -0.15) is 0 Å². The van der Waals surface area contributed by atoms with Crippen LogP contribution in [-0.4, -0.2) is 1000 Å². The third kappa shape index (κ3) is 40.7. The first kappa shape index (κ1) is 152. The summed E-state index contributed by atoms with van der Waals surface area (Å²) < 4.78 is 21.1. The van der Waals surface area contributed by atoms with Crippen molar-refractivity contribution < 1.29 is 4.70 Å². The van der Waals surface area contributed by atoms with E-state index in [9.17, 15) is 0 Å². The molecule has 0 aromatic rings. The van der Waals surface area contributed by atoms with E-state index < -0.39 is 0 Å². The van der Waals surface area contributed by atoms with Gasteiger partial charge in [0.25, 0.3) is 0 Å². The Morgan fingerprint density at radius 1 is 0.0769 bits per heavy atom. The Labute approximate surface area is 996 Å². The second-order valence-electron chi connectivity index (χ2n) is 64.2. The molecule has 1 nitrogen and oxygen atoms in total. The molecule has 143 heavy (non-hydrogen) atoms. The molecular weight excluding hydrogens is 1550 g/mol. The Morgan fingerprint density at radius 2 is 0.140 bits per heavy atom. The molecule has 0 aliphatic carbocycles. The van der Waals surface area contributed by atoms with Crippen LogP contribution in [0.3, 0.4) is 0 Å². The van der Waals surface area contributed by atoms with Gasteiger partial charge >= 0.3 is 1010 Å². The molecule has 0 radical (unpaired) electrons. The standard InChI is InChI=1S/B142H142O/c1-73(2)108(71)127(110(74(3)4)75(5)6)138(130(111(76(7)8)77(9)10)112(78(11)12)79(13)14)142(137(125(104(63)64)105(65)66)126(106(67)68)107(69)70)129(141(135(121(96(47)48)97(49)50)122(98(51)52)99(53)54)136(123(100(55)56)101(57)58)124(102(59)60)103(61)62)109(72-143)128(139(131(113(80(15)16)81(17)18)114(82(19)20)83(21)22)132(115(84(23)24)85(25)26)116(86(27)28)87(29)30)140(133(117(88(31)32)89(33)34)118(90(35)36)91(37)38)134(119(92(39)40)93(41)42)120(94(43)44)95(45)46/h1-71H2. The van der Waals surface area contributed by atoms with Gasteiger partial charge in [-0.25, -0.2) is 0 Å². The molecule has 143 heteroatoms. The first-order chi connectivity index (χ1) is 65.1. The van der Waals surface area contributed by atoms with Crippen LogP contribution in [0.2, 0.25) is 0 Å². The molecule has 0 spiro atoms. The average molecular weight is 1690 g/mol. The van der Waals surface area contributed by atoms with E-state index in [1.807, 2.05) is 0 Å². The fraction of sp³-hybridized carbons (Fsp3) is 0. The molecular formula is H142B142O. The Bertz CT molecular complexity index is 2710. The van der Waals surface area contributed by atoms with Gasteiger partial charge in [0.05, 0.1) is 0 Å². The summed E-state index contributed by atoms with van der Waals surface area (Å²) in [5.74, 6) is 0. The molecule has 0 N–H and O–H groups in total. The van der Waals surface area contributed by atoms with E-state index >= 15 is 4.70 Å². The predicted octanol–water partition coefficient (Wildman–Crippen LogP) is -92.2. The van der Waals surface area contributed by atoms with Gasteiger partial charge in [-0.15, -0.1) is 0 Å². The summed E-state index contributed by atoms with van der Waals surface area (Å²) in [5.41, 5.74) is 0. The average Bonchev–Trinajstić information content (AvgIpc) is 0.701. The molecule has 0 bridgehead atoms. The summed E-state index contributed by atoms with van der Waals surface area (Å²) in [7, 11) is 201. The van der Waals surface area contributed by atoms with Crippen LogP contribution < -0.4 is 0 Å². The molecule has 0 amide bonds. The second-order valence-corrected chi connectivity index (χ2v) is 64.2. The van der Waals surface area contributed by atoms with Crippen molar-refractivity contribution in [3.63, 3.8) is 0 Å². The van der Waals surface area contributed by atoms with Gasteiger partial charge in [-0.3, -0.25) is 0 Å². The summed E-state index contributed by atoms with van der Waals surface area (Å²) >= 11 is 0. The van der Waals surface area contributed by atoms with Crippen LogP contribution in [0.5, 0.6) is 0 Å². The Kier molecular flexibility index (Phi) is 74.6. The van der Waals surface area contributed by atoms with Crippen LogP contribution in [0.1, 0.15) is 0 Å². The summed E-state index contributed by atoms with van der Waals surface area (Å²) in [5, 5.41) is 0. The predicted molar refractivity (Wildman–Crippen MR) is 1020 cm³/mol. The third-order valence-corrected chi connectivity index (χ3v) is 42.7. The fourth-order valence-corrected chi connectivity index (χ4v) is 41.6. The number of hydrogen-bond donors (Lipinski definition) is 0. The first-order valence-corrected chi connectivity index (χ1v) is 64.6. The van der Waals surface area contributed by atoms with E-state index in [2.05, 4.69) is 556 Å². The van der Waals surface area contributed by atoms with Crippen LogP contribution >= 0.6 is 0 Å². The van der Waals surface area contributed by atoms with E-state index in [0.29, 0.717) is 351 Å². The van der Waals surface area contributed by atoms with Crippen molar-refractivity contribution in [2.75, 3.05) is 0 Å². The van der Waals surface area contributed by atoms with E-state index in [-0.39, 0.29) is 95.8 Å². The van der Waals surface area contributed by atoms with Crippen LogP contribution in [-0.2, 0) is 4.70 Å². The zero-order chi connectivity index (χ0) is 113. The van der Waals surface area contributed by atoms with Crippen LogP contribution in [0.25, 0.3) is 0 Å². The van der Waals surface area contributed by atoms with Crippen molar-refractivity contribution in [1.29, 1.82) is 0 Å². The van der Waals surface area contributed by atoms with Gasteiger partial charge in [0, 0.05) is 0 Å². The fourth-order valence-electron chi connectivity index (χ4n) is 41.6. The van der Waals surface area contributed by atoms with Crippen molar-refractivity contribution >= 4 is 1000 Å². The van der Waals surface area contributed by atoms with E-state index in [0.717, 1.165) is 0 Å². The van der Waals surface area contributed by atoms with E-state index in [1.165, 1.54) is 0 Å².